The van der Waals surface area contributed by atoms with E-state index in [0.717, 1.165) is 10.0 Å². The van der Waals surface area contributed by atoms with Crippen LogP contribution in [0.2, 0.25) is 0 Å². The average Bonchev–Trinajstić information content (AvgIpc) is 2.56. The summed E-state index contributed by atoms with van der Waals surface area (Å²) in [7, 11) is 0. The molecule has 2 aromatic rings. The molecule has 0 saturated carbocycles. The van der Waals surface area contributed by atoms with Gasteiger partial charge in [-0.15, -0.1) is 5.10 Å². The summed E-state index contributed by atoms with van der Waals surface area (Å²) in [6.45, 7) is 0.672. The number of halogens is 1. The van der Waals surface area contributed by atoms with Crippen molar-refractivity contribution in [1.29, 1.82) is 0 Å². The highest BCUT2D eigenvalue weighted by Gasteiger charge is 2.01. The third kappa shape index (κ3) is 1.93. The second-order valence-electron chi connectivity index (χ2n) is 2.89. The molecule has 0 aliphatic heterocycles. The molecule has 0 spiro atoms. The van der Waals surface area contributed by atoms with Crippen LogP contribution < -0.4 is 5.73 Å². The third-order valence-corrected chi connectivity index (χ3v) is 2.62. The van der Waals surface area contributed by atoms with Gasteiger partial charge in [-0.1, -0.05) is 34.1 Å². The first-order chi connectivity index (χ1) is 6.75. The van der Waals surface area contributed by atoms with Gasteiger partial charge in [-0.3, -0.25) is 0 Å². The largest absolute Gasteiger partial charge is 0.367 e. The number of aromatic nitrogens is 3. The fourth-order valence-electron chi connectivity index (χ4n) is 1.19. The summed E-state index contributed by atoms with van der Waals surface area (Å²) in [5.74, 6) is 0.303. The van der Waals surface area contributed by atoms with Crippen LogP contribution in [0.25, 0.3) is 0 Å². The molecule has 0 aliphatic rings. The summed E-state index contributed by atoms with van der Waals surface area (Å²) in [5.41, 5.74) is 6.57. The van der Waals surface area contributed by atoms with Gasteiger partial charge in [0.25, 0.3) is 0 Å². The Balaban J connectivity index is 2.23. The number of nitrogens with zero attached hydrogens (tertiary/aromatic N) is 3. The molecule has 0 bridgehead atoms. The van der Waals surface area contributed by atoms with Gasteiger partial charge < -0.3 is 5.73 Å². The summed E-state index contributed by atoms with van der Waals surface area (Å²) in [4.78, 5) is 3.86. The fraction of sp³-hybridized carbons (Fsp3) is 0.111. The predicted octanol–water partition coefficient (Wildman–Crippen LogP) is 1.67. The van der Waals surface area contributed by atoms with Crippen molar-refractivity contribution in [3.05, 3.63) is 40.6 Å². The molecule has 2 rings (SSSR count). The molecule has 0 aliphatic carbocycles. The monoisotopic (exact) mass is 252 g/mol. The lowest BCUT2D eigenvalue weighted by Gasteiger charge is -2.02. The molecule has 0 radical (unpaired) electrons. The number of hydrogen-bond donors (Lipinski definition) is 1. The molecule has 0 unspecified atom stereocenters. The van der Waals surface area contributed by atoms with E-state index in [2.05, 4.69) is 26.0 Å². The molecule has 0 atom stereocenters. The van der Waals surface area contributed by atoms with Gasteiger partial charge in [-0.05, 0) is 11.6 Å². The smallest absolute Gasteiger partial charge is 0.239 e. The molecule has 4 nitrogen and oxygen atoms in total. The first kappa shape index (κ1) is 9.21. The lowest BCUT2D eigenvalue weighted by molar-refractivity contribution is 0.685. The Morgan fingerprint density at radius 1 is 1.36 bits per heavy atom. The van der Waals surface area contributed by atoms with E-state index >= 15 is 0 Å². The van der Waals surface area contributed by atoms with Crippen molar-refractivity contribution < 1.29 is 0 Å². The minimum Gasteiger partial charge on any atom is -0.367 e. The van der Waals surface area contributed by atoms with Crippen molar-refractivity contribution in [2.75, 3.05) is 5.73 Å². The van der Waals surface area contributed by atoms with Gasteiger partial charge in [0.15, 0.2) is 0 Å². The second kappa shape index (κ2) is 3.79. The van der Waals surface area contributed by atoms with Crippen molar-refractivity contribution >= 4 is 21.9 Å². The van der Waals surface area contributed by atoms with E-state index in [1.807, 2.05) is 24.3 Å². The van der Waals surface area contributed by atoms with Gasteiger partial charge in [0.2, 0.25) is 5.95 Å². The Kier molecular flexibility index (Phi) is 2.49. The molecule has 0 fully saturated rings. The van der Waals surface area contributed by atoms with Crippen molar-refractivity contribution in [3.8, 4) is 0 Å². The molecule has 1 heterocycles. The molecule has 1 aromatic heterocycles. The van der Waals surface area contributed by atoms with Crippen LogP contribution in [-0.2, 0) is 6.54 Å². The van der Waals surface area contributed by atoms with E-state index < -0.39 is 0 Å². The highest BCUT2D eigenvalue weighted by molar-refractivity contribution is 9.10. The number of rotatable bonds is 2. The maximum absolute atomic E-state index is 5.42. The molecule has 0 saturated heterocycles. The van der Waals surface area contributed by atoms with E-state index in [4.69, 9.17) is 5.73 Å². The number of benzene rings is 1. The lowest BCUT2D eigenvalue weighted by Crippen LogP contribution is -2.01. The summed E-state index contributed by atoms with van der Waals surface area (Å²) in [5, 5.41) is 4.01. The first-order valence-electron chi connectivity index (χ1n) is 4.14. The molecule has 2 N–H and O–H groups in total. The number of nitrogens with two attached hydrogens (primary N) is 1. The number of hydrogen-bond acceptors (Lipinski definition) is 3. The van der Waals surface area contributed by atoms with Crippen molar-refractivity contribution in [2.45, 2.75) is 6.54 Å². The van der Waals surface area contributed by atoms with E-state index in [9.17, 15) is 0 Å². The third-order valence-electron chi connectivity index (χ3n) is 1.84. The van der Waals surface area contributed by atoms with Gasteiger partial charge in [0.05, 0.1) is 6.54 Å². The zero-order valence-electron chi connectivity index (χ0n) is 7.39. The molecule has 14 heavy (non-hydrogen) atoms. The van der Waals surface area contributed by atoms with Gasteiger partial charge in [0, 0.05) is 4.47 Å². The Bertz CT molecular complexity index is 438. The molecule has 72 valence electrons. The van der Waals surface area contributed by atoms with Crippen LogP contribution in [0.5, 0.6) is 0 Å². The Morgan fingerprint density at radius 3 is 2.79 bits per heavy atom. The van der Waals surface area contributed by atoms with E-state index in [1.54, 1.807) is 11.0 Å². The Labute approximate surface area is 89.9 Å². The van der Waals surface area contributed by atoms with Gasteiger partial charge in [0.1, 0.15) is 6.33 Å². The van der Waals surface area contributed by atoms with Crippen molar-refractivity contribution in [3.63, 3.8) is 0 Å². The highest BCUT2D eigenvalue weighted by atomic mass is 79.9. The SMILES string of the molecule is Nc1ncn(Cc2ccccc2Br)n1. The molecular formula is C9H9BrN4. The van der Waals surface area contributed by atoms with E-state index in [1.165, 1.54) is 0 Å². The molecular weight excluding hydrogens is 244 g/mol. The maximum atomic E-state index is 5.42. The molecule has 0 amide bonds. The van der Waals surface area contributed by atoms with Crippen molar-refractivity contribution in [1.82, 2.24) is 14.8 Å². The van der Waals surface area contributed by atoms with E-state index in [-0.39, 0.29) is 0 Å². The minimum atomic E-state index is 0.303. The quantitative estimate of drug-likeness (QED) is 0.885. The zero-order valence-corrected chi connectivity index (χ0v) is 8.98. The Morgan fingerprint density at radius 2 is 2.14 bits per heavy atom. The minimum absolute atomic E-state index is 0.303. The summed E-state index contributed by atoms with van der Waals surface area (Å²) in [6.07, 6.45) is 1.62. The predicted molar refractivity (Wildman–Crippen MR) is 57.7 cm³/mol. The van der Waals surface area contributed by atoms with Crippen LogP contribution in [-0.4, -0.2) is 14.8 Å². The summed E-state index contributed by atoms with van der Waals surface area (Å²) in [6, 6.07) is 7.99. The van der Waals surface area contributed by atoms with Crippen LogP contribution in [0.15, 0.2) is 35.1 Å². The zero-order chi connectivity index (χ0) is 9.97. The topological polar surface area (TPSA) is 56.7 Å². The van der Waals surface area contributed by atoms with Crippen LogP contribution in [0.4, 0.5) is 5.95 Å². The van der Waals surface area contributed by atoms with Gasteiger partial charge in [-0.25, -0.2) is 9.67 Å². The summed E-state index contributed by atoms with van der Waals surface area (Å²) >= 11 is 3.47. The van der Waals surface area contributed by atoms with E-state index in [0.29, 0.717) is 12.5 Å². The number of nitrogen functional groups attached to an aromatic ring is 1. The van der Waals surface area contributed by atoms with Crippen LogP contribution >= 0.6 is 15.9 Å². The summed E-state index contributed by atoms with van der Waals surface area (Å²) < 4.78 is 2.77. The average molecular weight is 253 g/mol. The van der Waals surface area contributed by atoms with Crippen LogP contribution in [0.1, 0.15) is 5.56 Å². The lowest BCUT2D eigenvalue weighted by atomic mass is 10.2. The number of anilines is 1. The molecule has 5 heteroatoms. The van der Waals surface area contributed by atoms with Gasteiger partial charge >= 0.3 is 0 Å². The second-order valence-corrected chi connectivity index (χ2v) is 3.75. The van der Waals surface area contributed by atoms with Crippen molar-refractivity contribution in [2.24, 2.45) is 0 Å². The Hall–Kier alpha value is -1.36. The first-order valence-corrected chi connectivity index (χ1v) is 4.93. The fourth-order valence-corrected chi connectivity index (χ4v) is 1.60. The highest BCUT2D eigenvalue weighted by Crippen LogP contribution is 2.16. The van der Waals surface area contributed by atoms with Crippen LogP contribution in [0.3, 0.4) is 0 Å². The maximum Gasteiger partial charge on any atom is 0.239 e. The van der Waals surface area contributed by atoms with Crippen LogP contribution in [0, 0.1) is 0 Å². The normalized spacial score (nSPS) is 10.4. The standard InChI is InChI=1S/C9H9BrN4/c10-8-4-2-1-3-7(8)5-14-6-12-9(11)13-14/h1-4,6H,5H2,(H2,11,13). The van der Waals surface area contributed by atoms with Gasteiger partial charge in [-0.2, -0.15) is 0 Å². The molecule has 1 aromatic carbocycles.